The van der Waals surface area contributed by atoms with Crippen molar-refractivity contribution in [3.63, 3.8) is 0 Å². The van der Waals surface area contributed by atoms with Crippen molar-refractivity contribution in [3.05, 3.63) is 38.4 Å². The fourth-order valence-corrected chi connectivity index (χ4v) is 4.31. The molecular formula is C17H15BrClNO3S2. The van der Waals surface area contributed by atoms with Crippen LogP contribution < -0.4 is 0 Å². The van der Waals surface area contributed by atoms with E-state index in [9.17, 15) is 4.79 Å². The molecule has 1 aliphatic rings. The predicted molar refractivity (Wildman–Crippen MR) is 110 cm³/mol. The van der Waals surface area contributed by atoms with Crippen LogP contribution in [0.1, 0.15) is 19.1 Å². The predicted octanol–water partition coefficient (Wildman–Crippen LogP) is 5.48. The van der Waals surface area contributed by atoms with Gasteiger partial charge in [0.2, 0.25) is 0 Å². The first kappa shape index (κ1) is 18.9. The van der Waals surface area contributed by atoms with Gasteiger partial charge in [-0.2, -0.15) is 0 Å². The lowest BCUT2D eigenvalue weighted by molar-refractivity contribution is -0.122. The number of carbonyl (C=O) groups excluding carboxylic acids is 1. The van der Waals surface area contributed by atoms with Crippen molar-refractivity contribution < 1.29 is 13.9 Å². The molecule has 132 valence electrons. The number of carbonyl (C=O) groups is 1. The van der Waals surface area contributed by atoms with E-state index < -0.39 is 0 Å². The summed E-state index contributed by atoms with van der Waals surface area (Å²) in [6.07, 6.45) is 2.41. The molecule has 1 fully saturated rings. The Balaban J connectivity index is 1.81. The fraction of sp³-hybridized carbons (Fsp3) is 0.294. The lowest BCUT2D eigenvalue weighted by Crippen LogP contribution is -2.29. The molecule has 0 aliphatic carbocycles. The summed E-state index contributed by atoms with van der Waals surface area (Å²) in [5.74, 6) is 0.341. The van der Waals surface area contributed by atoms with Crippen molar-refractivity contribution in [2.24, 2.45) is 0 Å². The monoisotopic (exact) mass is 459 g/mol. The van der Waals surface area contributed by atoms with Gasteiger partial charge in [-0.3, -0.25) is 9.69 Å². The van der Waals surface area contributed by atoms with Gasteiger partial charge in [0.05, 0.1) is 9.93 Å². The highest BCUT2D eigenvalue weighted by Crippen LogP contribution is 2.37. The van der Waals surface area contributed by atoms with E-state index in [2.05, 4.69) is 15.9 Å². The van der Waals surface area contributed by atoms with Crippen molar-refractivity contribution in [2.75, 3.05) is 19.8 Å². The van der Waals surface area contributed by atoms with Gasteiger partial charge < -0.3 is 9.15 Å². The van der Waals surface area contributed by atoms with Gasteiger partial charge in [0.1, 0.15) is 15.7 Å². The third-order valence-electron chi connectivity index (χ3n) is 3.62. The Morgan fingerprint density at radius 3 is 3.04 bits per heavy atom. The third kappa shape index (κ3) is 4.11. The normalized spacial score (nSPS) is 16.6. The number of nitrogens with zero attached hydrogens (tertiary/aromatic N) is 1. The molecule has 1 aliphatic heterocycles. The van der Waals surface area contributed by atoms with Crippen LogP contribution in [-0.2, 0) is 9.53 Å². The SMILES string of the molecule is CCOCCCN1C(=O)C(=Cc2oc3ccc(Br)cc3c2Cl)SC1=S. The molecule has 1 saturated heterocycles. The minimum atomic E-state index is -0.121. The first-order valence-electron chi connectivity index (χ1n) is 7.72. The van der Waals surface area contributed by atoms with Gasteiger partial charge in [-0.05, 0) is 31.5 Å². The Morgan fingerprint density at radius 1 is 1.48 bits per heavy atom. The van der Waals surface area contributed by atoms with E-state index in [1.54, 1.807) is 11.0 Å². The summed E-state index contributed by atoms with van der Waals surface area (Å²) >= 11 is 16.4. The van der Waals surface area contributed by atoms with E-state index >= 15 is 0 Å². The van der Waals surface area contributed by atoms with Gasteiger partial charge in [0.25, 0.3) is 5.91 Å². The van der Waals surface area contributed by atoms with Crippen LogP contribution in [0, 0.1) is 0 Å². The van der Waals surface area contributed by atoms with Crippen molar-refractivity contribution in [1.29, 1.82) is 0 Å². The van der Waals surface area contributed by atoms with Crippen LogP contribution in [0.3, 0.4) is 0 Å². The van der Waals surface area contributed by atoms with Gasteiger partial charge in [-0.25, -0.2) is 0 Å². The Kier molecular flexibility index (Phi) is 6.22. The molecule has 0 atom stereocenters. The van der Waals surface area contributed by atoms with E-state index in [0.717, 1.165) is 16.3 Å². The van der Waals surface area contributed by atoms with Gasteiger partial charge in [-0.15, -0.1) is 0 Å². The van der Waals surface area contributed by atoms with Crippen molar-refractivity contribution in [1.82, 2.24) is 4.90 Å². The molecule has 4 nitrogen and oxygen atoms in total. The quantitative estimate of drug-likeness (QED) is 0.324. The largest absolute Gasteiger partial charge is 0.455 e. The molecule has 0 unspecified atom stereocenters. The number of thiocarbonyl (C=S) groups is 1. The highest BCUT2D eigenvalue weighted by atomic mass is 79.9. The first-order valence-corrected chi connectivity index (χ1v) is 10.1. The van der Waals surface area contributed by atoms with Crippen LogP contribution in [0.15, 0.2) is 32.0 Å². The van der Waals surface area contributed by atoms with Crippen LogP contribution >= 0.6 is 51.5 Å². The number of amides is 1. The van der Waals surface area contributed by atoms with Crippen LogP contribution in [-0.4, -0.2) is 34.9 Å². The number of benzene rings is 1. The topological polar surface area (TPSA) is 42.7 Å². The van der Waals surface area contributed by atoms with E-state index in [-0.39, 0.29) is 5.91 Å². The van der Waals surface area contributed by atoms with Crippen LogP contribution in [0.5, 0.6) is 0 Å². The minimum absolute atomic E-state index is 0.121. The van der Waals surface area contributed by atoms with Gasteiger partial charge >= 0.3 is 0 Å². The second-order valence-electron chi connectivity index (χ2n) is 5.30. The minimum Gasteiger partial charge on any atom is -0.455 e. The summed E-state index contributed by atoms with van der Waals surface area (Å²) in [5.41, 5.74) is 0.673. The van der Waals surface area contributed by atoms with E-state index in [0.29, 0.717) is 45.4 Å². The smallest absolute Gasteiger partial charge is 0.266 e. The molecule has 2 aromatic rings. The lowest BCUT2D eigenvalue weighted by atomic mass is 10.2. The summed E-state index contributed by atoms with van der Waals surface area (Å²) in [4.78, 5) is 14.7. The van der Waals surface area contributed by atoms with Crippen LogP contribution in [0.2, 0.25) is 5.02 Å². The van der Waals surface area contributed by atoms with E-state index in [4.69, 9.17) is 33.0 Å². The highest BCUT2D eigenvalue weighted by Gasteiger charge is 2.32. The van der Waals surface area contributed by atoms with Crippen molar-refractivity contribution in [3.8, 4) is 0 Å². The van der Waals surface area contributed by atoms with Crippen molar-refractivity contribution in [2.45, 2.75) is 13.3 Å². The summed E-state index contributed by atoms with van der Waals surface area (Å²) in [6, 6.07) is 5.60. The molecule has 0 radical (unpaired) electrons. The van der Waals surface area contributed by atoms with Gasteiger partial charge in [-0.1, -0.05) is 51.5 Å². The maximum Gasteiger partial charge on any atom is 0.266 e. The summed E-state index contributed by atoms with van der Waals surface area (Å²) in [5, 5.41) is 1.28. The van der Waals surface area contributed by atoms with Crippen molar-refractivity contribution >= 4 is 78.8 Å². The molecule has 2 heterocycles. The fourth-order valence-electron chi connectivity index (χ4n) is 2.43. The van der Waals surface area contributed by atoms with Gasteiger partial charge in [0, 0.05) is 35.7 Å². The molecule has 1 aromatic carbocycles. The van der Waals surface area contributed by atoms with E-state index in [1.807, 2.05) is 25.1 Å². The molecule has 1 aromatic heterocycles. The summed E-state index contributed by atoms with van der Waals surface area (Å²) in [6.45, 7) is 3.76. The Labute approximate surface area is 168 Å². The first-order chi connectivity index (χ1) is 12.0. The number of thioether (sulfide) groups is 1. The molecule has 0 saturated carbocycles. The zero-order valence-corrected chi connectivity index (χ0v) is 17.4. The van der Waals surface area contributed by atoms with Gasteiger partial charge in [0.15, 0.2) is 0 Å². The standard InChI is InChI=1S/C17H15BrClNO3S2/c1-2-22-7-3-6-20-16(21)14(25-17(20)24)9-13-15(19)11-8-10(18)4-5-12(11)23-13/h4-5,8-9H,2-3,6-7H2,1H3. The Morgan fingerprint density at radius 2 is 2.28 bits per heavy atom. The molecule has 25 heavy (non-hydrogen) atoms. The average Bonchev–Trinajstić information content (AvgIpc) is 3.03. The molecule has 0 bridgehead atoms. The second kappa shape index (κ2) is 8.22. The molecule has 0 spiro atoms. The zero-order chi connectivity index (χ0) is 18.0. The zero-order valence-electron chi connectivity index (χ0n) is 13.4. The molecule has 0 N–H and O–H groups in total. The van der Waals surface area contributed by atoms with E-state index in [1.165, 1.54) is 11.8 Å². The second-order valence-corrected chi connectivity index (χ2v) is 8.27. The lowest BCUT2D eigenvalue weighted by Gasteiger charge is -2.13. The number of furan rings is 1. The Hall–Kier alpha value is -0.860. The third-order valence-corrected chi connectivity index (χ3v) is 5.89. The number of hydrogen-bond donors (Lipinski definition) is 0. The number of rotatable bonds is 6. The summed E-state index contributed by atoms with van der Waals surface area (Å²) in [7, 11) is 0. The number of hydrogen-bond acceptors (Lipinski definition) is 5. The molecular weight excluding hydrogens is 446 g/mol. The Bertz CT molecular complexity index is 865. The number of halogens is 2. The van der Waals surface area contributed by atoms with Crippen LogP contribution in [0.4, 0.5) is 0 Å². The van der Waals surface area contributed by atoms with Crippen LogP contribution in [0.25, 0.3) is 17.0 Å². The molecule has 8 heteroatoms. The number of fused-ring (bicyclic) bond motifs is 1. The number of ether oxygens (including phenoxy) is 1. The average molecular weight is 461 g/mol. The maximum atomic E-state index is 12.6. The maximum absolute atomic E-state index is 12.6. The molecule has 1 amide bonds. The summed E-state index contributed by atoms with van der Waals surface area (Å²) < 4.78 is 12.5. The highest BCUT2D eigenvalue weighted by molar-refractivity contribution is 9.10. The molecule has 3 rings (SSSR count).